The van der Waals surface area contributed by atoms with Crippen LogP contribution in [-0.2, 0) is 0 Å². The third kappa shape index (κ3) is 4.08. The predicted octanol–water partition coefficient (Wildman–Crippen LogP) is 4.16. The summed E-state index contributed by atoms with van der Waals surface area (Å²) in [5.74, 6) is 0.896. The van der Waals surface area contributed by atoms with Crippen LogP contribution in [0.4, 0.5) is 5.69 Å². The van der Waals surface area contributed by atoms with Crippen molar-refractivity contribution in [3.8, 4) is 11.1 Å². The van der Waals surface area contributed by atoms with Crippen LogP contribution < -0.4 is 10.6 Å². The Morgan fingerprint density at radius 1 is 0.952 bits per heavy atom. The van der Waals surface area contributed by atoms with E-state index in [0.717, 1.165) is 12.5 Å². The highest BCUT2D eigenvalue weighted by Gasteiger charge is 2.13. The zero-order valence-electron chi connectivity index (χ0n) is 12.5. The second kappa shape index (κ2) is 7.28. The Bertz CT molecular complexity index is 527. The van der Waals surface area contributed by atoms with Gasteiger partial charge in [-0.1, -0.05) is 42.5 Å². The summed E-state index contributed by atoms with van der Waals surface area (Å²) in [4.78, 5) is 0. The quantitative estimate of drug-likeness (QED) is 0.777. The van der Waals surface area contributed by atoms with E-state index in [1.165, 1.54) is 49.2 Å². The lowest BCUT2D eigenvalue weighted by atomic mass is 10.0. The molecule has 1 fully saturated rings. The van der Waals surface area contributed by atoms with Crippen molar-refractivity contribution in [2.75, 3.05) is 25.0 Å². The summed E-state index contributed by atoms with van der Waals surface area (Å²) < 4.78 is 0. The van der Waals surface area contributed by atoms with E-state index in [2.05, 4.69) is 65.2 Å². The molecule has 0 spiro atoms. The smallest absolute Gasteiger partial charge is 0.0340 e. The summed E-state index contributed by atoms with van der Waals surface area (Å²) in [5, 5.41) is 6.96. The van der Waals surface area contributed by atoms with Crippen molar-refractivity contribution in [1.29, 1.82) is 0 Å². The van der Waals surface area contributed by atoms with Gasteiger partial charge in [0.05, 0.1) is 0 Å². The SMILES string of the molecule is c1ccc(-c2ccc(NCCCC3CCNC3)cc2)cc1. The molecule has 1 unspecified atom stereocenters. The Balaban J connectivity index is 1.46. The van der Waals surface area contributed by atoms with Gasteiger partial charge < -0.3 is 10.6 Å². The summed E-state index contributed by atoms with van der Waals surface area (Å²) in [5.41, 5.74) is 3.77. The van der Waals surface area contributed by atoms with E-state index in [1.54, 1.807) is 0 Å². The van der Waals surface area contributed by atoms with E-state index < -0.39 is 0 Å². The highest BCUT2D eigenvalue weighted by atomic mass is 14.9. The molecule has 1 aliphatic heterocycles. The molecule has 2 aromatic carbocycles. The number of anilines is 1. The minimum Gasteiger partial charge on any atom is -0.385 e. The van der Waals surface area contributed by atoms with Crippen molar-refractivity contribution >= 4 is 5.69 Å². The van der Waals surface area contributed by atoms with Crippen molar-refractivity contribution in [2.45, 2.75) is 19.3 Å². The van der Waals surface area contributed by atoms with Gasteiger partial charge in [-0.25, -0.2) is 0 Å². The molecule has 1 heterocycles. The molecule has 0 aromatic heterocycles. The molecule has 1 atom stereocenters. The lowest BCUT2D eigenvalue weighted by molar-refractivity contribution is 0.518. The van der Waals surface area contributed by atoms with Crippen LogP contribution in [0, 0.1) is 5.92 Å². The van der Waals surface area contributed by atoms with Crippen molar-refractivity contribution < 1.29 is 0 Å². The third-order valence-electron chi connectivity index (χ3n) is 4.27. The number of hydrogen-bond donors (Lipinski definition) is 2. The topological polar surface area (TPSA) is 24.1 Å². The number of rotatable bonds is 6. The van der Waals surface area contributed by atoms with E-state index in [4.69, 9.17) is 0 Å². The van der Waals surface area contributed by atoms with Gasteiger partial charge in [-0.05, 0) is 61.5 Å². The standard InChI is InChI=1S/C19H24N2/c1-2-6-17(7-3-1)18-8-10-19(11-9-18)21-13-4-5-16-12-14-20-15-16/h1-3,6-11,16,20-21H,4-5,12-15H2. The van der Waals surface area contributed by atoms with Crippen LogP contribution in [-0.4, -0.2) is 19.6 Å². The van der Waals surface area contributed by atoms with Crippen LogP contribution in [0.1, 0.15) is 19.3 Å². The van der Waals surface area contributed by atoms with Crippen LogP contribution in [0.3, 0.4) is 0 Å². The largest absolute Gasteiger partial charge is 0.385 e. The second-order valence-corrected chi connectivity index (χ2v) is 5.87. The first-order valence-electron chi connectivity index (χ1n) is 8.02. The van der Waals surface area contributed by atoms with E-state index >= 15 is 0 Å². The predicted molar refractivity (Wildman–Crippen MR) is 90.6 cm³/mol. The summed E-state index contributed by atoms with van der Waals surface area (Å²) in [6, 6.07) is 19.3. The van der Waals surface area contributed by atoms with Gasteiger partial charge in [0, 0.05) is 12.2 Å². The van der Waals surface area contributed by atoms with Gasteiger partial charge in [0.2, 0.25) is 0 Å². The molecule has 2 N–H and O–H groups in total. The highest BCUT2D eigenvalue weighted by molar-refractivity contribution is 5.65. The molecule has 2 nitrogen and oxygen atoms in total. The van der Waals surface area contributed by atoms with E-state index in [0.29, 0.717) is 0 Å². The van der Waals surface area contributed by atoms with Gasteiger partial charge in [0.25, 0.3) is 0 Å². The highest BCUT2D eigenvalue weighted by Crippen LogP contribution is 2.21. The Morgan fingerprint density at radius 3 is 2.43 bits per heavy atom. The fourth-order valence-electron chi connectivity index (χ4n) is 3.00. The molecule has 1 aliphatic rings. The Kier molecular flexibility index (Phi) is 4.90. The van der Waals surface area contributed by atoms with Crippen LogP contribution >= 0.6 is 0 Å². The van der Waals surface area contributed by atoms with Crippen molar-refractivity contribution in [3.05, 3.63) is 54.6 Å². The Labute approximate surface area is 127 Å². The maximum atomic E-state index is 3.53. The molecule has 1 saturated heterocycles. The average molecular weight is 280 g/mol. The van der Waals surface area contributed by atoms with Gasteiger partial charge in [0.15, 0.2) is 0 Å². The molecular formula is C19H24N2. The summed E-state index contributed by atoms with van der Waals surface area (Å²) in [6.07, 6.45) is 3.95. The molecule has 0 amide bonds. The number of hydrogen-bond acceptors (Lipinski definition) is 2. The fourth-order valence-corrected chi connectivity index (χ4v) is 3.00. The monoisotopic (exact) mass is 280 g/mol. The van der Waals surface area contributed by atoms with E-state index in [-0.39, 0.29) is 0 Å². The molecular weight excluding hydrogens is 256 g/mol. The molecule has 2 heteroatoms. The summed E-state index contributed by atoms with van der Waals surface area (Å²) in [7, 11) is 0. The van der Waals surface area contributed by atoms with Crippen molar-refractivity contribution in [3.63, 3.8) is 0 Å². The number of nitrogens with one attached hydrogen (secondary N) is 2. The van der Waals surface area contributed by atoms with Gasteiger partial charge in [-0.3, -0.25) is 0 Å². The van der Waals surface area contributed by atoms with Crippen molar-refractivity contribution in [2.24, 2.45) is 5.92 Å². The van der Waals surface area contributed by atoms with Crippen molar-refractivity contribution in [1.82, 2.24) is 5.32 Å². The second-order valence-electron chi connectivity index (χ2n) is 5.87. The lowest BCUT2D eigenvalue weighted by Crippen LogP contribution is -2.10. The molecule has 21 heavy (non-hydrogen) atoms. The van der Waals surface area contributed by atoms with Gasteiger partial charge in [-0.2, -0.15) is 0 Å². The fraction of sp³-hybridized carbons (Fsp3) is 0.368. The normalized spacial score (nSPS) is 17.8. The van der Waals surface area contributed by atoms with Crippen LogP contribution in [0.5, 0.6) is 0 Å². The van der Waals surface area contributed by atoms with Crippen LogP contribution in [0.2, 0.25) is 0 Å². The van der Waals surface area contributed by atoms with Gasteiger partial charge in [-0.15, -0.1) is 0 Å². The first-order chi connectivity index (χ1) is 10.4. The zero-order valence-corrected chi connectivity index (χ0v) is 12.5. The zero-order chi connectivity index (χ0) is 14.3. The minimum atomic E-state index is 0.896. The maximum absolute atomic E-state index is 3.53. The minimum absolute atomic E-state index is 0.896. The molecule has 0 saturated carbocycles. The van der Waals surface area contributed by atoms with E-state index in [1.807, 2.05) is 0 Å². The summed E-state index contributed by atoms with van der Waals surface area (Å²) >= 11 is 0. The van der Waals surface area contributed by atoms with E-state index in [9.17, 15) is 0 Å². The third-order valence-corrected chi connectivity index (χ3v) is 4.27. The number of benzene rings is 2. The maximum Gasteiger partial charge on any atom is 0.0340 e. The van der Waals surface area contributed by atoms with Gasteiger partial charge in [0.1, 0.15) is 0 Å². The van der Waals surface area contributed by atoms with Crippen LogP contribution in [0.15, 0.2) is 54.6 Å². The average Bonchev–Trinajstić information content (AvgIpc) is 3.06. The molecule has 2 aromatic rings. The van der Waals surface area contributed by atoms with Crippen LogP contribution in [0.25, 0.3) is 11.1 Å². The lowest BCUT2D eigenvalue weighted by Gasteiger charge is -2.10. The molecule has 110 valence electrons. The molecule has 0 radical (unpaired) electrons. The first-order valence-corrected chi connectivity index (χ1v) is 8.02. The summed E-state index contributed by atoms with van der Waals surface area (Å²) in [6.45, 7) is 3.49. The molecule has 0 bridgehead atoms. The Hall–Kier alpha value is -1.80. The molecule has 0 aliphatic carbocycles. The van der Waals surface area contributed by atoms with Gasteiger partial charge >= 0.3 is 0 Å². The molecule has 3 rings (SSSR count). The first kappa shape index (κ1) is 14.2. The Morgan fingerprint density at radius 2 is 1.71 bits per heavy atom.